The molecule has 0 atom stereocenters. The third-order valence-corrected chi connectivity index (χ3v) is 4.75. The van der Waals surface area contributed by atoms with Crippen LogP contribution in [0.5, 0.6) is 0 Å². The van der Waals surface area contributed by atoms with Crippen LogP contribution >= 0.6 is 11.6 Å². The van der Waals surface area contributed by atoms with Gasteiger partial charge in [0, 0.05) is 45.8 Å². The van der Waals surface area contributed by atoms with Crippen LogP contribution in [-0.2, 0) is 6.42 Å². The first kappa shape index (κ1) is 24.2. The number of benzene rings is 2. The lowest BCUT2D eigenvalue weighted by Crippen LogP contribution is -2.41. The van der Waals surface area contributed by atoms with Gasteiger partial charge in [0.2, 0.25) is 0 Å². The molecule has 31 heavy (non-hydrogen) atoms. The Morgan fingerprint density at radius 2 is 1.74 bits per heavy atom. The number of carbonyl (C=O) groups excluding carboxylic acids is 2. The first-order chi connectivity index (χ1) is 14.9. The second-order valence-electron chi connectivity index (χ2n) is 7.07. The number of nitrogens with one attached hydrogen (secondary N) is 3. The molecule has 2 aromatic rings. The molecule has 0 heterocycles. The molecule has 2 rings (SSSR count). The molecule has 0 saturated heterocycles. The second-order valence-corrected chi connectivity index (χ2v) is 7.48. The van der Waals surface area contributed by atoms with E-state index in [0.29, 0.717) is 48.2 Å². The Hall–Kier alpha value is -3.06. The van der Waals surface area contributed by atoms with E-state index in [0.717, 1.165) is 12.1 Å². The Kier molecular flexibility index (Phi) is 9.84. The molecule has 0 fully saturated rings. The molecule has 2 amide bonds. The van der Waals surface area contributed by atoms with E-state index in [4.69, 9.17) is 11.6 Å². The lowest BCUT2D eigenvalue weighted by molar-refractivity contribution is 0.0827. The van der Waals surface area contributed by atoms with Gasteiger partial charge in [-0.2, -0.15) is 0 Å². The summed E-state index contributed by atoms with van der Waals surface area (Å²) < 4.78 is 0. The monoisotopic (exact) mass is 443 g/mol. The fraction of sp³-hybridized carbons (Fsp3) is 0.348. The highest BCUT2D eigenvalue weighted by Gasteiger charge is 2.09. The average Bonchev–Trinajstić information content (AvgIpc) is 2.76. The largest absolute Gasteiger partial charge is 0.357 e. The lowest BCUT2D eigenvalue weighted by Gasteiger charge is -2.13. The van der Waals surface area contributed by atoms with Gasteiger partial charge in [0.25, 0.3) is 11.8 Å². The van der Waals surface area contributed by atoms with Crippen LogP contribution in [0.25, 0.3) is 0 Å². The Morgan fingerprint density at radius 3 is 2.45 bits per heavy atom. The summed E-state index contributed by atoms with van der Waals surface area (Å²) in [7, 11) is 3.48. The molecule has 0 aliphatic rings. The van der Waals surface area contributed by atoms with Gasteiger partial charge in [-0.25, -0.2) is 0 Å². The number of rotatable bonds is 9. The molecule has 166 valence electrons. The van der Waals surface area contributed by atoms with Gasteiger partial charge in [0.15, 0.2) is 5.96 Å². The van der Waals surface area contributed by atoms with E-state index in [1.165, 1.54) is 0 Å². The smallest absolute Gasteiger partial charge is 0.253 e. The van der Waals surface area contributed by atoms with Gasteiger partial charge in [-0.15, -0.1) is 0 Å². The van der Waals surface area contributed by atoms with Crippen molar-refractivity contribution in [2.75, 3.05) is 40.3 Å². The number of hydrogen-bond donors (Lipinski definition) is 3. The van der Waals surface area contributed by atoms with E-state index >= 15 is 0 Å². The standard InChI is InChI=1S/C23H30ClN5O2/c1-4-25-23(28-15-14-26-21(30)19-10-5-6-11-20(19)24)27-13-12-17-8-7-9-18(16-17)22(31)29(2)3/h5-11,16H,4,12-15H2,1-3H3,(H,26,30)(H2,25,27,28). The Balaban J connectivity index is 1.82. The number of nitrogens with zero attached hydrogens (tertiary/aromatic N) is 2. The van der Waals surface area contributed by atoms with Crippen molar-refractivity contribution in [3.63, 3.8) is 0 Å². The van der Waals surface area contributed by atoms with Crippen LogP contribution in [0.1, 0.15) is 33.2 Å². The van der Waals surface area contributed by atoms with Gasteiger partial charge in [-0.05, 0) is 43.2 Å². The normalized spacial score (nSPS) is 11.0. The van der Waals surface area contributed by atoms with Crippen molar-refractivity contribution in [2.24, 2.45) is 4.99 Å². The quantitative estimate of drug-likeness (QED) is 0.316. The molecular formula is C23H30ClN5O2. The maximum Gasteiger partial charge on any atom is 0.253 e. The third kappa shape index (κ3) is 7.94. The van der Waals surface area contributed by atoms with Crippen LogP contribution in [0.4, 0.5) is 0 Å². The van der Waals surface area contributed by atoms with Crippen LogP contribution in [0.2, 0.25) is 5.02 Å². The summed E-state index contributed by atoms with van der Waals surface area (Å²) in [5.41, 5.74) is 2.18. The number of amides is 2. The van der Waals surface area contributed by atoms with Crippen molar-refractivity contribution in [2.45, 2.75) is 13.3 Å². The zero-order valence-electron chi connectivity index (χ0n) is 18.2. The third-order valence-electron chi connectivity index (χ3n) is 4.42. The molecule has 3 N–H and O–H groups in total. The van der Waals surface area contributed by atoms with Crippen LogP contribution in [-0.4, -0.2) is 62.9 Å². The minimum Gasteiger partial charge on any atom is -0.357 e. The highest BCUT2D eigenvalue weighted by Crippen LogP contribution is 2.14. The van der Waals surface area contributed by atoms with E-state index in [-0.39, 0.29) is 11.8 Å². The molecule has 0 saturated carbocycles. The van der Waals surface area contributed by atoms with E-state index in [9.17, 15) is 9.59 Å². The van der Waals surface area contributed by atoms with Gasteiger partial charge in [-0.3, -0.25) is 14.6 Å². The van der Waals surface area contributed by atoms with Crippen molar-refractivity contribution < 1.29 is 9.59 Å². The predicted octanol–water partition coefficient (Wildman–Crippen LogP) is 2.57. The molecule has 0 aromatic heterocycles. The first-order valence-electron chi connectivity index (χ1n) is 10.3. The molecule has 0 aliphatic heterocycles. The highest BCUT2D eigenvalue weighted by molar-refractivity contribution is 6.33. The Labute approximate surface area is 188 Å². The van der Waals surface area contributed by atoms with Gasteiger partial charge < -0.3 is 20.9 Å². The fourth-order valence-electron chi connectivity index (χ4n) is 2.85. The van der Waals surface area contributed by atoms with Crippen LogP contribution in [0.15, 0.2) is 53.5 Å². The average molecular weight is 444 g/mol. The van der Waals surface area contributed by atoms with Crippen molar-refractivity contribution in [1.29, 1.82) is 0 Å². The topological polar surface area (TPSA) is 85.8 Å². The predicted molar refractivity (Wildman–Crippen MR) is 126 cm³/mol. The zero-order valence-corrected chi connectivity index (χ0v) is 19.0. The number of halogens is 1. The van der Waals surface area contributed by atoms with E-state index in [1.807, 2.05) is 31.2 Å². The SMILES string of the molecule is CCNC(=NCCc1cccc(C(=O)N(C)C)c1)NCCNC(=O)c1ccccc1Cl. The number of guanidine groups is 1. The zero-order chi connectivity index (χ0) is 22.6. The van der Waals surface area contributed by atoms with Crippen LogP contribution in [0.3, 0.4) is 0 Å². The summed E-state index contributed by atoms with van der Waals surface area (Å²) in [6.45, 7) is 4.25. The molecule has 7 nitrogen and oxygen atoms in total. The fourth-order valence-corrected chi connectivity index (χ4v) is 3.08. The summed E-state index contributed by atoms with van der Waals surface area (Å²) in [5, 5.41) is 9.66. The summed E-state index contributed by atoms with van der Waals surface area (Å²) >= 11 is 6.05. The molecule has 2 aromatic carbocycles. The minimum absolute atomic E-state index is 0.0146. The number of hydrogen-bond acceptors (Lipinski definition) is 3. The van der Waals surface area contributed by atoms with Gasteiger partial charge >= 0.3 is 0 Å². The van der Waals surface area contributed by atoms with E-state index in [2.05, 4.69) is 20.9 Å². The molecule has 0 aliphatic carbocycles. The minimum atomic E-state index is -0.207. The lowest BCUT2D eigenvalue weighted by atomic mass is 10.1. The van der Waals surface area contributed by atoms with Gasteiger partial charge in [0.1, 0.15) is 0 Å². The van der Waals surface area contributed by atoms with Crippen LogP contribution in [0, 0.1) is 0 Å². The van der Waals surface area contributed by atoms with Crippen molar-refractivity contribution in [3.8, 4) is 0 Å². The summed E-state index contributed by atoms with van der Waals surface area (Å²) in [6, 6.07) is 14.6. The van der Waals surface area contributed by atoms with Gasteiger partial charge in [0.05, 0.1) is 10.6 Å². The van der Waals surface area contributed by atoms with Crippen molar-refractivity contribution in [3.05, 3.63) is 70.2 Å². The summed E-state index contributed by atoms with van der Waals surface area (Å²) in [6.07, 6.45) is 0.717. The maximum absolute atomic E-state index is 12.2. The van der Waals surface area contributed by atoms with Crippen LogP contribution < -0.4 is 16.0 Å². The van der Waals surface area contributed by atoms with Crippen molar-refractivity contribution >= 4 is 29.4 Å². The van der Waals surface area contributed by atoms with Crippen molar-refractivity contribution in [1.82, 2.24) is 20.9 Å². The first-order valence-corrected chi connectivity index (χ1v) is 10.7. The summed E-state index contributed by atoms with van der Waals surface area (Å²) in [5.74, 6) is 0.454. The molecule has 0 radical (unpaired) electrons. The maximum atomic E-state index is 12.2. The molecule has 0 bridgehead atoms. The molecule has 0 unspecified atom stereocenters. The highest BCUT2D eigenvalue weighted by atomic mass is 35.5. The number of aliphatic imine (C=N–C) groups is 1. The Bertz CT molecular complexity index is 914. The Morgan fingerprint density at radius 1 is 1.00 bits per heavy atom. The van der Waals surface area contributed by atoms with E-state index < -0.39 is 0 Å². The molecular weight excluding hydrogens is 414 g/mol. The van der Waals surface area contributed by atoms with E-state index in [1.54, 1.807) is 43.3 Å². The number of carbonyl (C=O) groups is 2. The second kappa shape index (κ2) is 12.6. The summed E-state index contributed by atoms with van der Waals surface area (Å²) in [4.78, 5) is 30.4. The van der Waals surface area contributed by atoms with Gasteiger partial charge in [-0.1, -0.05) is 35.9 Å². The molecule has 8 heteroatoms. The molecule has 0 spiro atoms.